The van der Waals surface area contributed by atoms with Crippen molar-refractivity contribution in [3.05, 3.63) is 12.2 Å². The molecule has 0 saturated carbocycles. The number of carbonyl (C=O) groups is 2. The van der Waals surface area contributed by atoms with Crippen molar-refractivity contribution in [1.82, 2.24) is 0 Å². The molecule has 18 heavy (non-hydrogen) atoms. The summed E-state index contributed by atoms with van der Waals surface area (Å²) in [6, 6.07) is 0. The Morgan fingerprint density at radius 2 is 2.00 bits per heavy atom. The van der Waals surface area contributed by atoms with Crippen LogP contribution < -0.4 is 0 Å². The summed E-state index contributed by atoms with van der Waals surface area (Å²) in [5, 5.41) is 8.98. The highest BCUT2D eigenvalue weighted by atomic mass is 16.6. The van der Waals surface area contributed by atoms with Crippen LogP contribution in [0, 0.1) is 5.92 Å². The van der Waals surface area contributed by atoms with E-state index in [1.807, 2.05) is 19.1 Å². The number of carbonyl (C=O) groups excluding carboxylic acids is 1. The van der Waals surface area contributed by atoms with E-state index in [0.29, 0.717) is 13.0 Å². The van der Waals surface area contributed by atoms with E-state index in [9.17, 15) is 9.59 Å². The highest BCUT2D eigenvalue weighted by Gasteiger charge is 2.20. The van der Waals surface area contributed by atoms with Crippen LogP contribution in [0.4, 0.5) is 0 Å². The Morgan fingerprint density at radius 1 is 1.28 bits per heavy atom. The summed E-state index contributed by atoms with van der Waals surface area (Å²) >= 11 is 0. The van der Waals surface area contributed by atoms with Crippen molar-refractivity contribution in [1.29, 1.82) is 0 Å². The number of ether oxygens (including phenoxy) is 2. The smallest absolute Gasteiger partial charge is 0.307 e. The van der Waals surface area contributed by atoms with Gasteiger partial charge in [0.05, 0.1) is 18.9 Å². The lowest BCUT2D eigenvalue weighted by molar-refractivity contribution is -0.152. The summed E-state index contributed by atoms with van der Waals surface area (Å²) in [5.41, 5.74) is 0. The molecule has 0 bridgehead atoms. The third kappa shape index (κ3) is 8.75. The summed E-state index contributed by atoms with van der Waals surface area (Å²) in [6.45, 7) is 2.53. The van der Waals surface area contributed by atoms with Gasteiger partial charge in [-0.15, -0.1) is 0 Å². The molecule has 0 aliphatic carbocycles. The van der Waals surface area contributed by atoms with Crippen molar-refractivity contribution >= 4 is 11.9 Å². The molecule has 0 radical (unpaired) electrons. The van der Waals surface area contributed by atoms with Gasteiger partial charge in [-0.1, -0.05) is 25.5 Å². The number of unbranched alkanes of at least 4 members (excludes halogenated alkanes) is 1. The molecule has 0 saturated heterocycles. The van der Waals surface area contributed by atoms with Gasteiger partial charge in [0.2, 0.25) is 0 Å². The Hall–Kier alpha value is -1.36. The van der Waals surface area contributed by atoms with Crippen LogP contribution in [-0.4, -0.2) is 37.4 Å². The third-order valence-corrected chi connectivity index (χ3v) is 2.36. The number of carboxylic acids is 1. The Labute approximate surface area is 108 Å². The molecule has 1 atom stereocenters. The maximum absolute atomic E-state index is 11.4. The fourth-order valence-corrected chi connectivity index (χ4v) is 1.32. The van der Waals surface area contributed by atoms with Gasteiger partial charge in [-0.05, 0) is 12.8 Å². The number of esters is 1. The number of methoxy groups -OCH3 is 1. The highest BCUT2D eigenvalue weighted by molar-refractivity contribution is 5.78. The largest absolute Gasteiger partial charge is 0.481 e. The predicted octanol–water partition coefficient (Wildman–Crippen LogP) is 2.01. The fraction of sp³-hybridized carbons (Fsp3) is 0.692. The van der Waals surface area contributed by atoms with E-state index in [1.54, 1.807) is 0 Å². The third-order valence-electron chi connectivity index (χ3n) is 2.36. The van der Waals surface area contributed by atoms with Gasteiger partial charge in [0.25, 0.3) is 0 Å². The lowest BCUT2D eigenvalue weighted by Crippen LogP contribution is -2.20. The second-order valence-corrected chi connectivity index (χ2v) is 3.95. The van der Waals surface area contributed by atoms with Crippen molar-refractivity contribution < 1.29 is 24.2 Å². The van der Waals surface area contributed by atoms with Crippen LogP contribution in [0.1, 0.15) is 32.6 Å². The molecule has 0 aromatic carbocycles. The minimum atomic E-state index is -0.972. The van der Waals surface area contributed by atoms with Crippen LogP contribution in [0.25, 0.3) is 0 Å². The van der Waals surface area contributed by atoms with Crippen molar-refractivity contribution in [2.24, 2.45) is 5.92 Å². The van der Waals surface area contributed by atoms with Crippen molar-refractivity contribution in [2.45, 2.75) is 32.6 Å². The first-order chi connectivity index (χ1) is 8.61. The van der Waals surface area contributed by atoms with Crippen molar-refractivity contribution in [3.8, 4) is 0 Å². The Kier molecular flexibility index (Phi) is 9.96. The lowest BCUT2D eigenvalue weighted by atomic mass is 10.0. The highest BCUT2D eigenvalue weighted by Crippen LogP contribution is 2.11. The fourth-order valence-electron chi connectivity index (χ4n) is 1.32. The summed E-state index contributed by atoms with van der Waals surface area (Å²) in [6.07, 6.45) is 5.94. The monoisotopic (exact) mass is 258 g/mol. The van der Waals surface area contributed by atoms with Crippen molar-refractivity contribution in [2.75, 3.05) is 20.3 Å². The molecular weight excluding hydrogens is 236 g/mol. The first-order valence-electron chi connectivity index (χ1n) is 6.14. The van der Waals surface area contributed by atoms with E-state index in [1.165, 1.54) is 7.11 Å². The quantitative estimate of drug-likeness (QED) is 0.368. The summed E-state index contributed by atoms with van der Waals surface area (Å²) in [4.78, 5) is 22.3. The van der Waals surface area contributed by atoms with E-state index in [4.69, 9.17) is 14.6 Å². The lowest BCUT2D eigenvalue weighted by Gasteiger charge is -2.09. The molecule has 0 aromatic rings. The van der Waals surface area contributed by atoms with Gasteiger partial charge >= 0.3 is 11.9 Å². The minimum absolute atomic E-state index is 0.102. The Balaban J connectivity index is 4.02. The topological polar surface area (TPSA) is 72.8 Å². The average molecular weight is 258 g/mol. The summed E-state index contributed by atoms with van der Waals surface area (Å²) in [5.74, 6) is -2.18. The van der Waals surface area contributed by atoms with Gasteiger partial charge in [-0.25, -0.2) is 0 Å². The maximum Gasteiger partial charge on any atom is 0.307 e. The van der Waals surface area contributed by atoms with E-state index in [-0.39, 0.29) is 13.0 Å². The van der Waals surface area contributed by atoms with Crippen LogP contribution in [0.2, 0.25) is 0 Å². The number of carboxylic acid groups (broad SMARTS) is 1. The molecule has 0 rings (SSSR count). The number of hydrogen-bond acceptors (Lipinski definition) is 4. The standard InChI is InChI=1S/C13H22O5/c1-3-4-5-6-7-11(13(15)16)10-12(14)18-9-8-17-2/h5-6,11H,3-4,7-10H2,1-2H3,(H,15,16)/b6-5+. The molecule has 0 amide bonds. The molecule has 1 unspecified atom stereocenters. The van der Waals surface area contributed by atoms with Gasteiger partial charge in [-0.3, -0.25) is 9.59 Å². The van der Waals surface area contributed by atoms with Crippen LogP contribution in [-0.2, 0) is 19.1 Å². The maximum atomic E-state index is 11.4. The number of hydrogen-bond donors (Lipinski definition) is 1. The van der Waals surface area contributed by atoms with E-state index in [0.717, 1.165) is 12.8 Å². The number of rotatable bonds is 10. The number of aliphatic carboxylic acids is 1. The molecule has 0 aromatic heterocycles. The van der Waals surface area contributed by atoms with Crippen LogP contribution in [0.5, 0.6) is 0 Å². The zero-order chi connectivity index (χ0) is 13.8. The summed E-state index contributed by atoms with van der Waals surface area (Å²) < 4.78 is 9.57. The second kappa shape index (κ2) is 10.8. The van der Waals surface area contributed by atoms with Crippen LogP contribution in [0.15, 0.2) is 12.2 Å². The van der Waals surface area contributed by atoms with Gasteiger partial charge in [0, 0.05) is 7.11 Å². The molecule has 104 valence electrons. The molecule has 0 fully saturated rings. The molecular formula is C13H22O5. The molecule has 5 heteroatoms. The second-order valence-electron chi connectivity index (χ2n) is 3.95. The predicted molar refractivity (Wildman–Crippen MR) is 67.2 cm³/mol. The SMILES string of the molecule is CCC/C=C/CC(CC(=O)OCCOC)C(=O)O. The first kappa shape index (κ1) is 16.6. The molecule has 1 N–H and O–H groups in total. The van der Waals surface area contributed by atoms with Crippen LogP contribution >= 0.6 is 0 Å². The molecule has 0 heterocycles. The number of allylic oxidation sites excluding steroid dienone is 2. The molecule has 0 aliphatic heterocycles. The first-order valence-corrected chi connectivity index (χ1v) is 6.14. The molecule has 5 nitrogen and oxygen atoms in total. The van der Waals surface area contributed by atoms with E-state index in [2.05, 4.69) is 0 Å². The molecule has 0 spiro atoms. The van der Waals surface area contributed by atoms with Gasteiger partial charge < -0.3 is 14.6 Å². The zero-order valence-corrected chi connectivity index (χ0v) is 11.1. The molecule has 0 aliphatic rings. The van der Waals surface area contributed by atoms with E-state index >= 15 is 0 Å². The Morgan fingerprint density at radius 3 is 2.56 bits per heavy atom. The van der Waals surface area contributed by atoms with E-state index < -0.39 is 17.9 Å². The normalized spacial score (nSPS) is 12.6. The summed E-state index contributed by atoms with van der Waals surface area (Å²) in [7, 11) is 1.51. The average Bonchev–Trinajstić information content (AvgIpc) is 2.33. The minimum Gasteiger partial charge on any atom is -0.481 e. The zero-order valence-electron chi connectivity index (χ0n) is 11.1. The van der Waals surface area contributed by atoms with Gasteiger partial charge in [-0.2, -0.15) is 0 Å². The van der Waals surface area contributed by atoms with Crippen LogP contribution in [0.3, 0.4) is 0 Å². The van der Waals surface area contributed by atoms with Gasteiger partial charge in [0.15, 0.2) is 0 Å². The Bertz CT molecular complexity index is 273. The van der Waals surface area contributed by atoms with Gasteiger partial charge in [0.1, 0.15) is 6.61 Å². The van der Waals surface area contributed by atoms with Crippen molar-refractivity contribution in [3.63, 3.8) is 0 Å².